The highest BCUT2D eigenvalue weighted by Gasteiger charge is 2.30. The van der Waals surface area contributed by atoms with Crippen molar-refractivity contribution in [3.05, 3.63) is 117 Å². The van der Waals surface area contributed by atoms with Gasteiger partial charge in [-0.15, -0.1) is 0 Å². The van der Waals surface area contributed by atoms with E-state index in [0.717, 1.165) is 29.3 Å². The van der Waals surface area contributed by atoms with Crippen LogP contribution in [0, 0.1) is 0 Å². The Morgan fingerprint density at radius 2 is 1.63 bits per heavy atom. The zero-order chi connectivity index (χ0) is 30.8. The van der Waals surface area contributed by atoms with Gasteiger partial charge in [-0.1, -0.05) is 42.5 Å². The molecule has 4 rings (SSSR count). The fourth-order valence-corrected chi connectivity index (χ4v) is 4.52. The second-order valence-corrected chi connectivity index (χ2v) is 9.94. The van der Waals surface area contributed by atoms with Crippen molar-refractivity contribution in [2.24, 2.45) is 5.10 Å². The molecule has 0 heterocycles. The SMILES string of the molecule is CCOc1cc(/C=N/NC(=O)c2cccc(C(F)(F)F)c2)cc(Br)c1OCc1ccc(OCc2ccccc2)c(OC)c1. The van der Waals surface area contributed by atoms with Crippen molar-refractivity contribution in [2.45, 2.75) is 26.3 Å². The number of amides is 1. The van der Waals surface area contributed by atoms with Crippen LogP contribution in [0.5, 0.6) is 23.0 Å². The maximum Gasteiger partial charge on any atom is 0.416 e. The third-order valence-corrected chi connectivity index (χ3v) is 6.60. The first-order valence-electron chi connectivity index (χ1n) is 13.1. The van der Waals surface area contributed by atoms with Gasteiger partial charge in [-0.05, 0) is 82.0 Å². The van der Waals surface area contributed by atoms with Crippen LogP contribution >= 0.6 is 15.9 Å². The molecule has 0 saturated carbocycles. The molecule has 4 aromatic rings. The average Bonchev–Trinajstić information content (AvgIpc) is 3.00. The van der Waals surface area contributed by atoms with E-state index < -0.39 is 17.6 Å². The number of nitrogens with one attached hydrogen (secondary N) is 1. The monoisotopic (exact) mass is 656 g/mol. The Kier molecular flexibility index (Phi) is 10.7. The summed E-state index contributed by atoms with van der Waals surface area (Å²) < 4.78 is 62.8. The Labute approximate surface area is 255 Å². The van der Waals surface area contributed by atoms with Gasteiger partial charge in [-0.3, -0.25) is 4.79 Å². The lowest BCUT2D eigenvalue weighted by Gasteiger charge is -2.16. The van der Waals surface area contributed by atoms with E-state index in [2.05, 4.69) is 26.5 Å². The van der Waals surface area contributed by atoms with Crippen LogP contribution in [-0.2, 0) is 19.4 Å². The summed E-state index contributed by atoms with van der Waals surface area (Å²) in [5.74, 6) is 1.28. The van der Waals surface area contributed by atoms with E-state index in [-0.39, 0.29) is 12.2 Å². The van der Waals surface area contributed by atoms with Crippen molar-refractivity contribution >= 4 is 28.1 Å². The van der Waals surface area contributed by atoms with E-state index in [9.17, 15) is 18.0 Å². The number of methoxy groups -OCH3 is 1. The Hall–Kier alpha value is -4.51. The summed E-state index contributed by atoms with van der Waals surface area (Å²) in [7, 11) is 1.57. The van der Waals surface area contributed by atoms with E-state index in [4.69, 9.17) is 18.9 Å². The van der Waals surface area contributed by atoms with Gasteiger partial charge in [0.25, 0.3) is 5.91 Å². The first kappa shape index (κ1) is 31.4. The van der Waals surface area contributed by atoms with Gasteiger partial charge in [0, 0.05) is 5.56 Å². The topological polar surface area (TPSA) is 78.4 Å². The van der Waals surface area contributed by atoms with Crippen molar-refractivity contribution in [2.75, 3.05) is 13.7 Å². The number of benzene rings is 4. The molecule has 0 radical (unpaired) electrons. The summed E-state index contributed by atoms with van der Waals surface area (Å²) in [4.78, 5) is 12.3. The lowest BCUT2D eigenvalue weighted by atomic mass is 10.1. The molecule has 0 aliphatic heterocycles. The van der Waals surface area contributed by atoms with Crippen LogP contribution in [0.15, 0.2) is 94.5 Å². The van der Waals surface area contributed by atoms with Crippen LogP contribution in [0.4, 0.5) is 13.2 Å². The lowest BCUT2D eigenvalue weighted by molar-refractivity contribution is -0.137. The highest BCUT2D eigenvalue weighted by molar-refractivity contribution is 9.10. The Morgan fingerprint density at radius 1 is 0.860 bits per heavy atom. The molecule has 11 heteroatoms. The minimum atomic E-state index is -4.56. The summed E-state index contributed by atoms with van der Waals surface area (Å²) in [5, 5.41) is 3.89. The molecule has 0 aliphatic rings. The van der Waals surface area contributed by atoms with E-state index >= 15 is 0 Å². The number of hydrazone groups is 1. The number of alkyl halides is 3. The van der Waals surface area contributed by atoms with Crippen molar-refractivity contribution < 1.29 is 36.9 Å². The molecule has 1 amide bonds. The molecule has 7 nitrogen and oxygen atoms in total. The van der Waals surface area contributed by atoms with Crippen molar-refractivity contribution in [1.82, 2.24) is 5.43 Å². The molecule has 4 aromatic carbocycles. The predicted molar refractivity (Wildman–Crippen MR) is 160 cm³/mol. The smallest absolute Gasteiger partial charge is 0.416 e. The highest BCUT2D eigenvalue weighted by atomic mass is 79.9. The lowest BCUT2D eigenvalue weighted by Crippen LogP contribution is -2.18. The molecule has 0 saturated heterocycles. The Bertz CT molecular complexity index is 1580. The number of rotatable bonds is 12. The van der Waals surface area contributed by atoms with Crippen LogP contribution in [-0.4, -0.2) is 25.8 Å². The standard InChI is InChI=1S/C32H28BrF3N2O5/c1-3-41-29-16-23(18-37-38-31(39)24-10-7-11-25(17-24)32(34,35)36)14-26(33)30(29)43-20-22-12-13-27(28(15-22)40-2)42-19-21-8-5-4-6-9-21/h4-18H,3,19-20H2,1-2H3,(H,38,39)/b37-18+. The van der Waals surface area contributed by atoms with Gasteiger partial charge in [-0.25, -0.2) is 5.43 Å². The number of carbonyl (C=O) groups is 1. The van der Waals surface area contributed by atoms with Gasteiger partial charge in [0.15, 0.2) is 23.0 Å². The van der Waals surface area contributed by atoms with E-state index in [1.54, 1.807) is 19.2 Å². The predicted octanol–water partition coefficient (Wildman–Crippen LogP) is 7.80. The van der Waals surface area contributed by atoms with Crippen molar-refractivity contribution in [3.63, 3.8) is 0 Å². The normalized spacial score (nSPS) is 11.3. The van der Waals surface area contributed by atoms with Crippen molar-refractivity contribution in [1.29, 1.82) is 0 Å². The molecule has 0 aliphatic carbocycles. The number of hydrogen-bond acceptors (Lipinski definition) is 6. The third kappa shape index (κ3) is 8.74. The quantitative estimate of drug-likeness (QED) is 0.124. The molecular formula is C32H28BrF3N2O5. The summed E-state index contributed by atoms with van der Waals surface area (Å²) >= 11 is 3.50. The molecule has 224 valence electrons. The molecule has 0 fully saturated rings. The molecule has 0 unspecified atom stereocenters. The summed E-state index contributed by atoms with van der Waals surface area (Å²) in [6, 6.07) is 22.8. The van der Waals surface area contributed by atoms with E-state index in [1.165, 1.54) is 12.3 Å². The summed E-state index contributed by atoms with van der Waals surface area (Å²) in [6.45, 7) is 2.79. The van der Waals surface area contributed by atoms with Crippen LogP contribution in [0.1, 0.15) is 39.5 Å². The van der Waals surface area contributed by atoms with Crippen LogP contribution < -0.4 is 24.4 Å². The minimum absolute atomic E-state index is 0.167. The summed E-state index contributed by atoms with van der Waals surface area (Å²) in [6.07, 6.45) is -3.21. The van der Waals surface area contributed by atoms with Crippen LogP contribution in [0.25, 0.3) is 0 Å². The zero-order valence-electron chi connectivity index (χ0n) is 23.3. The minimum Gasteiger partial charge on any atom is -0.493 e. The molecule has 1 N–H and O–H groups in total. The maximum absolute atomic E-state index is 13.0. The van der Waals surface area contributed by atoms with Crippen LogP contribution in [0.2, 0.25) is 0 Å². The fourth-order valence-electron chi connectivity index (χ4n) is 3.94. The van der Waals surface area contributed by atoms with E-state index in [0.29, 0.717) is 46.2 Å². The second-order valence-electron chi connectivity index (χ2n) is 9.09. The van der Waals surface area contributed by atoms with Gasteiger partial charge in [0.1, 0.15) is 13.2 Å². The highest BCUT2D eigenvalue weighted by Crippen LogP contribution is 2.38. The van der Waals surface area contributed by atoms with Gasteiger partial charge in [0.05, 0.1) is 30.0 Å². The molecule has 0 atom stereocenters. The number of nitrogens with zero attached hydrogens (tertiary/aromatic N) is 1. The first-order valence-corrected chi connectivity index (χ1v) is 13.9. The number of ether oxygens (including phenoxy) is 4. The van der Waals surface area contributed by atoms with E-state index in [1.807, 2.05) is 55.5 Å². The summed E-state index contributed by atoms with van der Waals surface area (Å²) in [5.41, 5.74) is 3.58. The molecule has 0 spiro atoms. The average molecular weight is 657 g/mol. The molecular weight excluding hydrogens is 629 g/mol. The van der Waals surface area contributed by atoms with Gasteiger partial charge < -0.3 is 18.9 Å². The maximum atomic E-state index is 13.0. The first-order chi connectivity index (χ1) is 20.7. The van der Waals surface area contributed by atoms with Gasteiger partial charge >= 0.3 is 6.18 Å². The number of carbonyl (C=O) groups excluding carboxylic acids is 1. The molecule has 0 bridgehead atoms. The second kappa shape index (κ2) is 14.6. The number of hydrogen-bond donors (Lipinski definition) is 1. The Balaban J connectivity index is 1.42. The zero-order valence-corrected chi connectivity index (χ0v) is 24.9. The van der Waals surface area contributed by atoms with Crippen LogP contribution in [0.3, 0.4) is 0 Å². The Morgan fingerprint density at radius 3 is 2.35 bits per heavy atom. The van der Waals surface area contributed by atoms with Gasteiger partial charge in [0.2, 0.25) is 0 Å². The third-order valence-electron chi connectivity index (χ3n) is 6.01. The molecule has 43 heavy (non-hydrogen) atoms. The van der Waals surface area contributed by atoms with Gasteiger partial charge in [-0.2, -0.15) is 18.3 Å². The number of halogens is 4. The fraction of sp³-hybridized carbons (Fsp3) is 0.188. The molecule has 0 aromatic heterocycles. The van der Waals surface area contributed by atoms with Crippen molar-refractivity contribution in [3.8, 4) is 23.0 Å². The largest absolute Gasteiger partial charge is 0.493 e.